The molecular formula is C12H16ClN3O3. The molecular weight excluding hydrogens is 270 g/mol. The second-order valence-corrected chi connectivity index (χ2v) is 5.49. The third-order valence-electron chi connectivity index (χ3n) is 3.36. The number of nitrogens with zero attached hydrogens (tertiary/aromatic N) is 3. The number of halogens is 1. The van der Waals surface area contributed by atoms with Crippen molar-refractivity contribution < 1.29 is 10.0 Å². The maximum atomic E-state index is 10.8. The summed E-state index contributed by atoms with van der Waals surface area (Å²) in [6.45, 7) is 3.13. The van der Waals surface area contributed by atoms with Gasteiger partial charge in [-0.2, -0.15) is 0 Å². The first-order chi connectivity index (χ1) is 8.87. The molecule has 6 nitrogen and oxygen atoms in total. The Kier molecular flexibility index (Phi) is 3.91. The van der Waals surface area contributed by atoms with E-state index in [4.69, 9.17) is 11.6 Å². The van der Waals surface area contributed by atoms with Crippen LogP contribution in [0.5, 0.6) is 0 Å². The number of hydrogen-bond acceptors (Lipinski definition) is 5. The SMILES string of the molecule is CC1(O)CCCN(c2cc([N+](=O)[O-])cc(Cl)n2)CC1. The average Bonchev–Trinajstić information content (AvgIpc) is 2.49. The zero-order valence-corrected chi connectivity index (χ0v) is 11.4. The highest BCUT2D eigenvalue weighted by Crippen LogP contribution is 2.27. The highest BCUT2D eigenvalue weighted by Gasteiger charge is 2.26. The molecule has 1 atom stereocenters. The molecule has 1 fully saturated rings. The smallest absolute Gasteiger partial charge is 0.276 e. The first-order valence-electron chi connectivity index (χ1n) is 6.17. The number of nitro groups is 1. The van der Waals surface area contributed by atoms with E-state index in [1.54, 1.807) is 0 Å². The Bertz CT molecular complexity index is 493. The Morgan fingerprint density at radius 2 is 2.21 bits per heavy atom. The minimum atomic E-state index is -0.681. The quantitative estimate of drug-likeness (QED) is 0.513. The molecule has 1 aromatic heterocycles. The predicted molar refractivity (Wildman–Crippen MR) is 72.6 cm³/mol. The van der Waals surface area contributed by atoms with Crippen molar-refractivity contribution in [2.24, 2.45) is 0 Å². The molecule has 1 aliphatic heterocycles. The van der Waals surface area contributed by atoms with Gasteiger partial charge in [0, 0.05) is 13.1 Å². The van der Waals surface area contributed by atoms with E-state index in [9.17, 15) is 15.2 Å². The van der Waals surface area contributed by atoms with Gasteiger partial charge in [-0.3, -0.25) is 10.1 Å². The molecule has 1 aromatic rings. The summed E-state index contributed by atoms with van der Waals surface area (Å²) in [7, 11) is 0. The van der Waals surface area contributed by atoms with Gasteiger partial charge in [0.05, 0.1) is 22.7 Å². The molecule has 1 saturated heterocycles. The van der Waals surface area contributed by atoms with Crippen LogP contribution in [0.3, 0.4) is 0 Å². The van der Waals surface area contributed by atoms with Gasteiger partial charge in [-0.1, -0.05) is 11.6 Å². The maximum absolute atomic E-state index is 10.8. The number of anilines is 1. The second kappa shape index (κ2) is 5.30. The molecule has 0 aromatic carbocycles. The van der Waals surface area contributed by atoms with E-state index in [-0.39, 0.29) is 10.8 Å². The van der Waals surface area contributed by atoms with Crippen LogP contribution >= 0.6 is 11.6 Å². The van der Waals surface area contributed by atoms with Gasteiger partial charge < -0.3 is 10.0 Å². The lowest BCUT2D eigenvalue weighted by molar-refractivity contribution is -0.384. The molecule has 7 heteroatoms. The van der Waals surface area contributed by atoms with Crippen molar-refractivity contribution in [1.82, 2.24) is 4.98 Å². The largest absolute Gasteiger partial charge is 0.390 e. The van der Waals surface area contributed by atoms with E-state index in [2.05, 4.69) is 4.98 Å². The summed E-state index contributed by atoms with van der Waals surface area (Å²) in [6.07, 6.45) is 2.14. The van der Waals surface area contributed by atoms with Crippen molar-refractivity contribution in [1.29, 1.82) is 0 Å². The van der Waals surface area contributed by atoms with Gasteiger partial charge in [-0.15, -0.1) is 0 Å². The molecule has 0 aliphatic carbocycles. The van der Waals surface area contributed by atoms with Gasteiger partial charge in [0.15, 0.2) is 0 Å². The van der Waals surface area contributed by atoms with Gasteiger partial charge in [-0.25, -0.2) is 4.98 Å². The van der Waals surface area contributed by atoms with Crippen LogP contribution in [-0.2, 0) is 0 Å². The summed E-state index contributed by atoms with van der Waals surface area (Å²) in [5.74, 6) is 0.497. The van der Waals surface area contributed by atoms with E-state index in [1.165, 1.54) is 12.1 Å². The summed E-state index contributed by atoms with van der Waals surface area (Å²) in [4.78, 5) is 16.4. The average molecular weight is 286 g/mol. The molecule has 1 unspecified atom stereocenters. The van der Waals surface area contributed by atoms with Gasteiger partial charge >= 0.3 is 0 Å². The lowest BCUT2D eigenvalue weighted by Crippen LogP contribution is -2.28. The van der Waals surface area contributed by atoms with Gasteiger partial charge in [-0.05, 0) is 26.2 Å². The number of rotatable bonds is 2. The summed E-state index contributed by atoms with van der Waals surface area (Å²) >= 11 is 5.82. The molecule has 2 rings (SSSR count). The van der Waals surface area contributed by atoms with Crippen LogP contribution < -0.4 is 4.90 Å². The summed E-state index contributed by atoms with van der Waals surface area (Å²) in [5, 5.41) is 21.0. The molecule has 0 spiro atoms. The van der Waals surface area contributed by atoms with Gasteiger partial charge in [0.25, 0.3) is 5.69 Å². The number of hydrogen-bond donors (Lipinski definition) is 1. The third kappa shape index (κ3) is 3.54. The van der Waals surface area contributed by atoms with E-state index in [0.29, 0.717) is 31.7 Å². The lowest BCUT2D eigenvalue weighted by atomic mass is 9.98. The fourth-order valence-electron chi connectivity index (χ4n) is 2.23. The highest BCUT2D eigenvalue weighted by molar-refractivity contribution is 6.29. The molecule has 1 aliphatic rings. The maximum Gasteiger partial charge on any atom is 0.276 e. The van der Waals surface area contributed by atoms with E-state index >= 15 is 0 Å². The molecule has 104 valence electrons. The van der Waals surface area contributed by atoms with Crippen LogP contribution in [0.4, 0.5) is 11.5 Å². The van der Waals surface area contributed by atoms with E-state index in [1.807, 2.05) is 11.8 Å². The van der Waals surface area contributed by atoms with Crippen molar-refractivity contribution >= 4 is 23.1 Å². The molecule has 0 saturated carbocycles. The zero-order chi connectivity index (χ0) is 14.0. The normalized spacial score (nSPS) is 24.1. The number of aliphatic hydroxyl groups is 1. The summed E-state index contributed by atoms with van der Waals surface area (Å²) < 4.78 is 0. The van der Waals surface area contributed by atoms with Crippen molar-refractivity contribution in [2.75, 3.05) is 18.0 Å². The second-order valence-electron chi connectivity index (χ2n) is 5.10. The van der Waals surface area contributed by atoms with Crippen LogP contribution in [0.25, 0.3) is 0 Å². The monoisotopic (exact) mass is 285 g/mol. The Balaban J connectivity index is 2.24. The third-order valence-corrected chi connectivity index (χ3v) is 3.56. The van der Waals surface area contributed by atoms with Gasteiger partial charge in [0.1, 0.15) is 11.0 Å². The van der Waals surface area contributed by atoms with Crippen molar-refractivity contribution in [3.05, 3.63) is 27.4 Å². The van der Waals surface area contributed by atoms with Crippen molar-refractivity contribution in [3.8, 4) is 0 Å². The standard InChI is InChI=1S/C12H16ClN3O3/c1-12(17)3-2-5-15(6-4-12)11-8-9(16(18)19)7-10(13)14-11/h7-8,17H,2-6H2,1H3. The van der Waals surface area contributed by atoms with Crippen LogP contribution in [0, 0.1) is 10.1 Å². The van der Waals surface area contributed by atoms with Crippen LogP contribution in [0.1, 0.15) is 26.2 Å². The van der Waals surface area contributed by atoms with Crippen molar-refractivity contribution in [3.63, 3.8) is 0 Å². The van der Waals surface area contributed by atoms with Crippen LogP contribution in [-0.4, -0.2) is 33.7 Å². The topological polar surface area (TPSA) is 79.5 Å². The minimum Gasteiger partial charge on any atom is -0.390 e. The molecule has 19 heavy (non-hydrogen) atoms. The van der Waals surface area contributed by atoms with E-state index < -0.39 is 10.5 Å². The molecule has 0 bridgehead atoms. The molecule has 0 radical (unpaired) electrons. The van der Waals surface area contributed by atoms with Crippen LogP contribution in [0.2, 0.25) is 5.15 Å². The van der Waals surface area contributed by atoms with Crippen LogP contribution in [0.15, 0.2) is 12.1 Å². The first kappa shape index (κ1) is 14.0. The highest BCUT2D eigenvalue weighted by atomic mass is 35.5. The first-order valence-corrected chi connectivity index (χ1v) is 6.54. The fraction of sp³-hybridized carbons (Fsp3) is 0.583. The Morgan fingerprint density at radius 3 is 2.89 bits per heavy atom. The Labute approximate surface area is 116 Å². The number of pyridine rings is 1. The summed E-state index contributed by atoms with van der Waals surface area (Å²) in [6, 6.07) is 2.66. The zero-order valence-electron chi connectivity index (χ0n) is 10.7. The molecule has 2 heterocycles. The Hall–Kier alpha value is -1.40. The Morgan fingerprint density at radius 1 is 1.47 bits per heavy atom. The van der Waals surface area contributed by atoms with Crippen molar-refractivity contribution in [2.45, 2.75) is 31.8 Å². The fourth-order valence-corrected chi connectivity index (χ4v) is 2.43. The summed E-state index contributed by atoms with van der Waals surface area (Å²) in [5.41, 5.74) is -0.745. The minimum absolute atomic E-state index is 0.0639. The van der Waals surface area contributed by atoms with E-state index in [0.717, 1.165) is 6.42 Å². The molecule has 0 amide bonds. The predicted octanol–water partition coefficient (Wildman–Crippen LogP) is 2.38. The number of aromatic nitrogens is 1. The molecule has 1 N–H and O–H groups in total. The lowest BCUT2D eigenvalue weighted by Gasteiger charge is -2.23. The van der Waals surface area contributed by atoms with Gasteiger partial charge in [0.2, 0.25) is 0 Å².